The van der Waals surface area contributed by atoms with Gasteiger partial charge in [0.1, 0.15) is 0 Å². The second-order valence-corrected chi connectivity index (χ2v) is 3.61. The van der Waals surface area contributed by atoms with Crippen LogP contribution in [0.4, 0.5) is 0 Å². The lowest BCUT2D eigenvalue weighted by Gasteiger charge is -2.11. The fraction of sp³-hybridized carbons (Fsp3) is 0.875. The molecule has 0 heterocycles. The minimum Gasteiger partial charge on any atom is -0.355 e. The van der Waals surface area contributed by atoms with Gasteiger partial charge < -0.3 is 11.1 Å². The van der Waals surface area contributed by atoms with E-state index in [2.05, 4.69) is 5.32 Å². The van der Waals surface area contributed by atoms with Crippen LogP contribution in [0.3, 0.4) is 0 Å². The van der Waals surface area contributed by atoms with Crippen LogP contribution in [0.1, 0.15) is 13.3 Å². The van der Waals surface area contributed by atoms with Gasteiger partial charge in [0.15, 0.2) is 0 Å². The Labute approximate surface area is 78.5 Å². The number of hydrogen-bond donors (Lipinski definition) is 2. The number of thioether (sulfide) groups is 1. The first-order valence-corrected chi connectivity index (χ1v) is 5.62. The lowest BCUT2D eigenvalue weighted by Crippen LogP contribution is -2.35. The average molecular weight is 190 g/mol. The van der Waals surface area contributed by atoms with Crippen molar-refractivity contribution in [3.05, 3.63) is 0 Å². The van der Waals surface area contributed by atoms with E-state index in [1.807, 2.05) is 13.2 Å². The van der Waals surface area contributed by atoms with Crippen molar-refractivity contribution >= 4 is 17.7 Å². The van der Waals surface area contributed by atoms with Gasteiger partial charge in [0, 0.05) is 24.8 Å². The van der Waals surface area contributed by atoms with Crippen molar-refractivity contribution in [3.8, 4) is 0 Å². The number of carbonyl (C=O) groups is 1. The molecular formula is C8H18N2OS. The minimum absolute atomic E-state index is 0.00754. The van der Waals surface area contributed by atoms with Gasteiger partial charge in [0.2, 0.25) is 5.91 Å². The Hall–Kier alpha value is -0.220. The molecule has 0 aromatic carbocycles. The fourth-order valence-electron chi connectivity index (χ4n) is 0.880. The molecule has 0 rings (SSSR count). The summed E-state index contributed by atoms with van der Waals surface area (Å²) in [5.74, 6) is 1.05. The van der Waals surface area contributed by atoms with E-state index in [1.165, 1.54) is 0 Å². The smallest absolute Gasteiger partial charge is 0.224 e. The number of rotatable bonds is 6. The van der Waals surface area contributed by atoms with Gasteiger partial charge in [-0.1, -0.05) is 6.92 Å². The molecule has 3 nitrogen and oxygen atoms in total. The Kier molecular flexibility index (Phi) is 7.29. The van der Waals surface area contributed by atoms with Crippen LogP contribution in [0.15, 0.2) is 0 Å². The topological polar surface area (TPSA) is 55.1 Å². The van der Waals surface area contributed by atoms with Crippen LogP contribution < -0.4 is 11.1 Å². The summed E-state index contributed by atoms with van der Waals surface area (Å²) in [5.41, 5.74) is 5.42. The largest absolute Gasteiger partial charge is 0.355 e. The lowest BCUT2D eigenvalue weighted by molar-refractivity contribution is -0.124. The van der Waals surface area contributed by atoms with Crippen LogP contribution in [-0.2, 0) is 4.79 Å². The second-order valence-electron chi connectivity index (χ2n) is 2.62. The Balaban J connectivity index is 3.54. The molecule has 0 saturated carbocycles. The SMILES string of the molecule is CCC(CN)C(=O)NCCSC. The first-order valence-electron chi connectivity index (χ1n) is 4.23. The summed E-state index contributed by atoms with van der Waals surface area (Å²) in [6, 6.07) is 0. The van der Waals surface area contributed by atoms with E-state index in [0.29, 0.717) is 6.54 Å². The van der Waals surface area contributed by atoms with Gasteiger partial charge in [0.25, 0.3) is 0 Å². The highest BCUT2D eigenvalue weighted by Crippen LogP contribution is 1.99. The molecule has 0 saturated heterocycles. The molecule has 72 valence electrons. The summed E-state index contributed by atoms with van der Waals surface area (Å²) in [6.07, 6.45) is 2.84. The number of amides is 1. The predicted molar refractivity (Wildman–Crippen MR) is 54.2 cm³/mol. The van der Waals surface area contributed by atoms with E-state index in [4.69, 9.17) is 5.73 Å². The monoisotopic (exact) mass is 190 g/mol. The van der Waals surface area contributed by atoms with Crippen molar-refractivity contribution in [2.45, 2.75) is 13.3 Å². The van der Waals surface area contributed by atoms with Crippen LogP contribution in [-0.4, -0.2) is 31.0 Å². The molecule has 0 radical (unpaired) electrons. The second kappa shape index (κ2) is 7.43. The maximum absolute atomic E-state index is 11.3. The normalized spacial score (nSPS) is 12.6. The maximum atomic E-state index is 11.3. The average Bonchev–Trinajstić information content (AvgIpc) is 2.07. The van der Waals surface area contributed by atoms with E-state index >= 15 is 0 Å². The number of nitrogens with one attached hydrogen (secondary N) is 1. The third-order valence-electron chi connectivity index (χ3n) is 1.75. The summed E-state index contributed by atoms with van der Waals surface area (Å²) in [6.45, 7) is 3.17. The standard InChI is InChI=1S/C8H18N2OS/c1-3-7(6-9)8(11)10-4-5-12-2/h7H,3-6,9H2,1-2H3,(H,10,11). The summed E-state index contributed by atoms with van der Waals surface area (Å²) in [7, 11) is 0. The predicted octanol–water partition coefficient (Wildman–Crippen LogP) is 0.451. The zero-order valence-electron chi connectivity index (χ0n) is 7.80. The molecule has 12 heavy (non-hydrogen) atoms. The lowest BCUT2D eigenvalue weighted by atomic mass is 10.1. The molecule has 0 fully saturated rings. The van der Waals surface area contributed by atoms with Crippen LogP contribution in [0.5, 0.6) is 0 Å². The highest BCUT2D eigenvalue weighted by molar-refractivity contribution is 7.98. The van der Waals surface area contributed by atoms with Gasteiger partial charge in [-0.25, -0.2) is 0 Å². The molecule has 0 aromatic heterocycles. The van der Waals surface area contributed by atoms with Crippen LogP contribution >= 0.6 is 11.8 Å². The van der Waals surface area contributed by atoms with E-state index < -0.39 is 0 Å². The van der Waals surface area contributed by atoms with Crippen LogP contribution in [0.25, 0.3) is 0 Å². The Morgan fingerprint density at radius 1 is 1.67 bits per heavy atom. The van der Waals surface area contributed by atoms with Gasteiger partial charge in [-0.15, -0.1) is 0 Å². The van der Waals surface area contributed by atoms with Crippen molar-refractivity contribution in [2.24, 2.45) is 11.7 Å². The Bertz CT molecular complexity index is 126. The first-order chi connectivity index (χ1) is 5.76. The zero-order valence-corrected chi connectivity index (χ0v) is 8.62. The number of nitrogens with two attached hydrogens (primary N) is 1. The first kappa shape index (κ1) is 11.8. The van der Waals surface area contributed by atoms with Gasteiger partial charge in [-0.2, -0.15) is 11.8 Å². The molecule has 0 bridgehead atoms. The van der Waals surface area contributed by atoms with Crippen LogP contribution in [0.2, 0.25) is 0 Å². The van der Waals surface area contributed by atoms with Crippen molar-refractivity contribution in [2.75, 3.05) is 25.1 Å². The summed E-state index contributed by atoms with van der Waals surface area (Å²) < 4.78 is 0. The quantitative estimate of drug-likeness (QED) is 0.598. The maximum Gasteiger partial charge on any atom is 0.224 e. The van der Waals surface area contributed by atoms with Gasteiger partial charge in [-0.3, -0.25) is 4.79 Å². The van der Waals surface area contributed by atoms with Gasteiger partial charge in [0.05, 0.1) is 0 Å². The molecule has 0 spiro atoms. The van der Waals surface area contributed by atoms with E-state index in [1.54, 1.807) is 11.8 Å². The highest BCUT2D eigenvalue weighted by Gasteiger charge is 2.12. The summed E-state index contributed by atoms with van der Waals surface area (Å²) >= 11 is 1.72. The molecule has 4 heteroatoms. The fourth-order valence-corrected chi connectivity index (χ4v) is 1.19. The summed E-state index contributed by atoms with van der Waals surface area (Å²) in [5, 5.41) is 2.85. The van der Waals surface area contributed by atoms with Crippen LogP contribution in [0, 0.1) is 5.92 Å². The molecule has 1 unspecified atom stereocenters. The number of carbonyl (C=O) groups excluding carboxylic acids is 1. The van der Waals surface area contributed by atoms with Gasteiger partial charge in [-0.05, 0) is 12.7 Å². The van der Waals surface area contributed by atoms with E-state index in [-0.39, 0.29) is 11.8 Å². The third-order valence-corrected chi connectivity index (χ3v) is 2.37. The molecule has 1 atom stereocenters. The zero-order chi connectivity index (χ0) is 9.40. The van der Waals surface area contributed by atoms with Gasteiger partial charge >= 0.3 is 0 Å². The van der Waals surface area contributed by atoms with Crippen molar-refractivity contribution in [3.63, 3.8) is 0 Å². The summed E-state index contributed by atoms with van der Waals surface area (Å²) in [4.78, 5) is 11.3. The van der Waals surface area contributed by atoms with Crippen molar-refractivity contribution < 1.29 is 4.79 Å². The molecule has 0 aliphatic rings. The van der Waals surface area contributed by atoms with E-state index in [9.17, 15) is 4.79 Å². The molecule has 0 aliphatic heterocycles. The van der Waals surface area contributed by atoms with Crippen molar-refractivity contribution in [1.82, 2.24) is 5.32 Å². The molecule has 0 aromatic rings. The molecule has 1 amide bonds. The Morgan fingerprint density at radius 2 is 2.33 bits per heavy atom. The number of hydrogen-bond acceptors (Lipinski definition) is 3. The highest BCUT2D eigenvalue weighted by atomic mass is 32.2. The molecule has 0 aliphatic carbocycles. The molecule has 3 N–H and O–H groups in total. The van der Waals surface area contributed by atoms with Crippen molar-refractivity contribution in [1.29, 1.82) is 0 Å². The van der Waals surface area contributed by atoms with E-state index in [0.717, 1.165) is 18.7 Å². The molecular weight excluding hydrogens is 172 g/mol. The Morgan fingerprint density at radius 3 is 2.75 bits per heavy atom. The minimum atomic E-state index is -0.00754. The third kappa shape index (κ3) is 4.62.